The second-order valence-corrected chi connectivity index (χ2v) is 5.41. The van der Waals surface area contributed by atoms with E-state index in [2.05, 4.69) is 6.92 Å². The van der Waals surface area contributed by atoms with E-state index in [-0.39, 0.29) is 30.6 Å². The van der Waals surface area contributed by atoms with E-state index < -0.39 is 0 Å². The van der Waals surface area contributed by atoms with E-state index in [1.165, 1.54) is 0 Å². The van der Waals surface area contributed by atoms with Crippen LogP contribution < -0.4 is 0 Å². The molecule has 1 aromatic rings. The standard InChI is InChI=1S/C17H23NO3/c1-3-5-11-14-16(13-9-7-6-8-10-13)18(17(14)20)12-21-15(19)4-2/h6-10,14,16H,3-5,11-12H2,1-2H3. The van der Waals surface area contributed by atoms with Crippen LogP contribution in [0, 0.1) is 5.92 Å². The van der Waals surface area contributed by atoms with Crippen molar-refractivity contribution in [3.05, 3.63) is 35.9 Å². The summed E-state index contributed by atoms with van der Waals surface area (Å²) in [6.07, 6.45) is 3.35. The van der Waals surface area contributed by atoms with E-state index >= 15 is 0 Å². The molecule has 2 rings (SSSR count). The zero-order chi connectivity index (χ0) is 15.2. The Balaban J connectivity index is 2.08. The third-order valence-electron chi connectivity index (χ3n) is 3.98. The van der Waals surface area contributed by atoms with E-state index in [4.69, 9.17) is 4.74 Å². The number of carbonyl (C=O) groups is 2. The lowest BCUT2D eigenvalue weighted by Crippen LogP contribution is -2.55. The van der Waals surface area contributed by atoms with Crippen LogP contribution in [0.3, 0.4) is 0 Å². The Morgan fingerprint density at radius 1 is 1.24 bits per heavy atom. The van der Waals surface area contributed by atoms with Gasteiger partial charge in [-0.05, 0) is 12.0 Å². The van der Waals surface area contributed by atoms with Gasteiger partial charge >= 0.3 is 5.97 Å². The third kappa shape index (κ3) is 3.43. The molecule has 114 valence electrons. The Morgan fingerprint density at radius 2 is 1.95 bits per heavy atom. The van der Waals surface area contributed by atoms with E-state index in [1.54, 1.807) is 11.8 Å². The average molecular weight is 289 g/mol. The van der Waals surface area contributed by atoms with Gasteiger partial charge in [0.25, 0.3) is 0 Å². The summed E-state index contributed by atoms with van der Waals surface area (Å²) in [6, 6.07) is 10.0. The molecule has 1 fully saturated rings. The Labute approximate surface area is 126 Å². The maximum absolute atomic E-state index is 12.3. The van der Waals surface area contributed by atoms with Crippen molar-refractivity contribution in [1.82, 2.24) is 4.90 Å². The summed E-state index contributed by atoms with van der Waals surface area (Å²) in [5.74, 6) is -0.152. The molecule has 2 atom stereocenters. The molecule has 4 nitrogen and oxygen atoms in total. The molecule has 2 unspecified atom stereocenters. The number of esters is 1. The summed E-state index contributed by atoms with van der Waals surface area (Å²) in [7, 11) is 0. The van der Waals surface area contributed by atoms with E-state index in [1.807, 2.05) is 30.3 Å². The molecule has 1 amide bonds. The van der Waals surface area contributed by atoms with Gasteiger partial charge in [-0.1, -0.05) is 57.0 Å². The number of ether oxygens (including phenoxy) is 1. The zero-order valence-corrected chi connectivity index (χ0v) is 12.7. The van der Waals surface area contributed by atoms with Gasteiger partial charge in [0.1, 0.15) is 0 Å². The number of hydrogen-bond donors (Lipinski definition) is 0. The van der Waals surface area contributed by atoms with Crippen LogP contribution in [0.2, 0.25) is 0 Å². The molecule has 0 saturated carbocycles. The first kappa shape index (κ1) is 15.5. The van der Waals surface area contributed by atoms with Gasteiger partial charge in [-0.15, -0.1) is 0 Å². The molecule has 0 N–H and O–H groups in total. The number of carbonyl (C=O) groups excluding carboxylic acids is 2. The van der Waals surface area contributed by atoms with Crippen molar-refractivity contribution in [2.45, 2.75) is 45.6 Å². The van der Waals surface area contributed by atoms with Gasteiger partial charge in [-0.3, -0.25) is 9.59 Å². The first-order valence-electron chi connectivity index (χ1n) is 7.70. The monoisotopic (exact) mass is 289 g/mol. The maximum atomic E-state index is 12.3. The van der Waals surface area contributed by atoms with Crippen LogP contribution in [0.15, 0.2) is 30.3 Å². The first-order valence-corrected chi connectivity index (χ1v) is 7.70. The molecule has 1 heterocycles. The van der Waals surface area contributed by atoms with Crippen LogP contribution in [0.4, 0.5) is 0 Å². The highest BCUT2D eigenvalue weighted by Crippen LogP contribution is 2.42. The number of β-lactam (4-membered cyclic amide) rings is 1. The molecule has 0 radical (unpaired) electrons. The SMILES string of the molecule is CCCCC1C(=O)N(COC(=O)CC)C1c1ccccc1. The fourth-order valence-corrected chi connectivity index (χ4v) is 2.78. The van der Waals surface area contributed by atoms with Gasteiger partial charge in [-0.2, -0.15) is 0 Å². The minimum atomic E-state index is -0.272. The number of amides is 1. The van der Waals surface area contributed by atoms with E-state index in [0.29, 0.717) is 6.42 Å². The predicted octanol–water partition coefficient (Wildman–Crippen LogP) is 3.29. The quantitative estimate of drug-likeness (QED) is 0.571. The van der Waals surface area contributed by atoms with Crippen molar-refractivity contribution < 1.29 is 14.3 Å². The Bertz CT molecular complexity index is 486. The fraction of sp³-hybridized carbons (Fsp3) is 0.529. The summed E-state index contributed by atoms with van der Waals surface area (Å²) in [5, 5.41) is 0. The van der Waals surface area contributed by atoms with E-state index in [0.717, 1.165) is 24.8 Å². The topological polar surface area (TPSA) is 46.6 Å². The minimum Gasteiger partial charge on any atom is -0.444 e. The zero-order valence-electron chi connectivity index (χ0n) is 12.7. The highest BCUT2D eigenvalue weighted by molar-refractivity contribution is 5.86. The van der Waals surface area contributed by atoms with Crippen molar-refractivity contribution in [2.75, 3.05) is 6.73 Å². The molecule has 0 spiro atoms. The molecule has 1 saturated heterocycles. The number of likely N-dealkylation sites (tertiary alicyclic amines) is 1. The maximum Gasteiger partial charge on any atom is 0.307 e. The van der Waals surface area contributed by atoms with Crippen LogP contribution in [0.25, 0.3) is 0 Å². The predicted molar refractivity (Wildman–Crippen MR) is 80.3 cm³/mol. The normalized spacial score (nSPS) is 21.0. The van der Waals surface area contributed by atoms with Gasteiger partial charge in [0.15, 0.2) is 6.73 Å². The van der Waals surface area contributed by atoms with Crippen molar-refractivity contribution in [2.24, 2.45) is 5.92 Å². The smallest absolute Gasteiger partial charge is 0.307 e. The summed E-state index contributed by atoms with van der Waals surface area (Å²) in [6.45, 7) is 3.94. The molecular weight excluding hydrogens is 266 g/mol. The summed E-state index contributed by atoms with van der Waals surface area (Å²) >= 11 is 0. The van der Waals surface area contributed by atoms with Gasteiger partial charge in [0.2, 0.25) is 5.91 Å². The van der Waals surface area contributed by atoms with Gasteiger partial charge in [0, 0.05) is 6.42 Å². The molecule has 4 heteroatoms. The van der Waals surface area contributed by atoms with Crippen LogP contribution >= 0.6 is 0 Å². The molecule has 1 aromatic carbocycles. The van der Waals surface area contributed by atoms with Crippen molar-refractivity contribution in [3.8, 4) is 0 Å². The summed E-state index contributed by atoms with van der Waals surface area (Å²) in [5.41, 5.74) is 1.12. The molecule has 0 aromatic heterocycles. The molecular formula is C17H23NO3. The molecule has 21 heavy (non-hydrogen) atoms. The highest BCUT2D eigenvalue weighted by atomic mass is 16.5. The Morgan fingerprint density at radius 3 is 2.57 bits per heavy atom. The summed E-state index contributed by atoms with van der Waals surface area (Å²) < 4.78 is 5.14. The van der Waals surface area contributed by atoms with Crippen LogP contribution in [-0.4, -0.2) is 23.5 Å². The molecule has 1 aliphatic rings. The average Bonchev–Trinajstić information content (AvgIpc) is 2.52. The number of rotatable bonds is 7. The number of hydrogen-bond acceptors (Lipinski definition) is 3. The third-order valence-corrected chi connectivity index (χ3v) is 3.98. The summed E-state index contributed by atoms with van der Waals surface area (Å²) in [4.78, 5) is 25.3. The molecule has 0 bridgehead atoms. The van der Waals surface area contributed by atoms with E-state index in [9.17, 15) is 9.59 Å². The highest BCUT2D eigenvalue weighted by Gasteiger charge is 2.47. The van der Waals surface area contributed by atoms with Crippen LogP contribution in [-0.2, 0) is 14.3 Å². The number of nitrogens with zero attached hydrogens (tertiary/aromatic N) is 1. The molecule has 0 aliphatic carbocycles. The fourth-order valence-electron chi connectivity index (χ4n) is 2.78. The van der Waals surface area contributed by atoms with Gasteiger partial charge in [-0.25, -0.2) is 0 Å². The lowest BCUT2D eigenvalue weighted by atomic mass is 9.80. The lowest BCUT2D eigenvalue weighted by Gasteiger charge is -2.47. The van der Waals surface area contributed by atoms with Crippen LogP contribution in [0.5, 0.6) is 0 Å². The van der Waals surface area contributed by atoms with Crippen molar-refractivity contribution in [1.29, 1.82) is 0 Å². The second kappa shape index (κ2) is 7.25. The van der Waals surface area contributed by atoms with Crippen molar-refractivity contribution in [3.63, 3.8) is 0 Å². The second-order valence-electron chi connectivity index (χ2n) is 5.41. The van der Waals surface area contributed by atoms with Crippen molar-refractivity contribution >= 4 is 11.9 Å². The first-order chi connectivity index (χ1) is 10.2. The Kier molecular flexibility index (Phi) is 5.37. The minimum absolute atomic E-state index is 0.0210. The molecule has 1 aliphatic heterocycles. The largest absolute Gasteiger partial charge is 0.444 e. The Hall–Kier alpha value is -1.84. The van der Waals surface area contributed by atoms with Gasteiger partial charge in [0.05, 0.1) is 12.0 Å². The number of unbranched alkanes of at least 4 members (excludes halogenated alkanes) is 1. The van der Waals surface area contributed by atoms with Crippen LogP contribution in [0.1, 0.15) is 51.1 Å². The van der Waals surface area contributed by atoms with Gasteiger partial charge < -0.3 is 9.64 Å². The number of benzene rings is 1. The lowest BCUT2D eigenvalue weighted by molar-refractivity contribution is -0.173.